The second-order valence-electron chi connectivity index (χ2n) is 6.94. The number of hydrogen-bond donors (Lipinski definition) is 1. The van der Waals surface area contributed by atoms with Crippen molar-refractivity contribution in [1.29, 1.82) is 0 Å². The molecule has 0 bridgehead atoms. The third-order valence-electron chi connectivity index (χ3n) is 4.57. The van der Waals surface area contributed by atoms with E-state index in [1.807, 2.05) is 32.0 Å². The molecule has 3 rings (SSSR count). The molecule has 0 spiro atoms. The highest BCUT2D eigenvalue weighted by Gasteiger charge is 2.27. The van der Waals surface area contributed by atoms with Gasteiger partial charge in [0.2, 0.25) is 5.91 Å². The maximum absolute atomic E-state index is 12.7. The van der Waals surface area contributed by atoms with E-state index in [4.69, 9.17) is 4.74 Å². The summed E-state index contributed by atoms with van der Waals surface area (Å²) in [6, 6.07) is 7.28. The van der Waals surface area contributed by atoms with Crippen LogP contribution in [0.1, 0.15) is 26.7 Å². The highest BCUT2D eigenvalue weighted by atomic mass is 32.2. The minimum atomic E-state index is -0.323. The van der Waals surface area contributed by atoms with Gasteiger partial charge < -0.3 is 10.1 Å². The molecule has 7 heteroatoms. The molecule has 1 fully saturated rings. The second kappa shape index (κ2) is 8.22. The average molecular weight is 375 g/mol. The third-order valence-corrected chi connectivity index (χ3v) is 6.15. The quantitative estimate of drug-likeness (QED) is 0.620. The second-order valence-corrected chi connectivity index (χ2v) is 8.05. The molecule has 2 heterocycles. The largest absolute Gasteiger partial charge is 0.376 e. The van der Waals surface area contributed by atoms with Crippen LogP contribution in [-0.2, 0) is 16.6 Å². The molecule has 1 amide bonds. The number of fused-ring (bicyclic) bond motifs is 1. The maximum Gasteiger partial charge on any atom is 0.261 e. The first kappa shape index (κ1) is 18.9. The Balaban J connectivity index is 1.79. The third kappa shape index (κ3) is 4.10. The molecule has 2 unspecified atom stereocenters. The summed E-state index contributed by atoms with van der Waals surface area (Å²) in [5.74, 6) is 0.0655. The van der Waals surface area contributed by atoms with Gasteiger partial charge in [0.25, 0.3) is 5.56 Å². The Kier molecular flexibility index (Phi) is 5.98. The number of rotatable bonds is 6. The summed E-state index contributed by atoms with van der Waals surface area (Å²) in [4.78, 5) is 29.9. The fourth-order valence-electron chi connectivity index (χ4n) is 3.03. The minimum absolute atomic E-state index is 0.0390. The number of thioether (sulfide) groups is 1. The van der Waals surface area contributed by atoms with Gasteiger partial charge in [-0.05, 0) is 30.9 Å². The zero-order valence-electron chi connectivity index (χ0n) is 15.4. The van der Waals surface area contributed by atoms with Crippen LogP contribution in [0.4, 0.5) is 0 Å². The van der Waals surface area contributed by atoms with Gasteiger partial charge in [-0.3, -0.25) is 14.2 Å². The highest BCUT2D eigenvalue weighted by molar-refractivity contribution is 8.00. The molecule has 0 radical (unpaired) electrons. The number of para-hydroxylation sites is 1. The average Bonchev–Trinajstić information content (AvgIpc) is 3.15. The van der Waals surface area contributed by atoms with Crippen molar-refractivity contribution in [3.8, 4) is 0 Å². The molecule has 1 aliphatic rings. The van der Waals surface area contributed by atoms with Gasteiger partial charge in [0.15, 0.2) is 5.16 Å². The number of carbonyl (C=O) groups is 1. The Morgan fingerprint density at radius 2 is 2.19 bits per heavy atom. The van der Waals surface area contributed by atoms with Gasteiger partial charge in [-0.1, -0.05) is 37.7 Å². The van der Waals surface area contributed by atoms with Crippen molar-refractivity contribution >= 4 is 28.6 Å². The van der Waals surface area contributed by atoms with Crippen LogP contribution in [0.15, 0.2) is 34.2 Å². The molecule has 1 aliphatic heterocycles. The van der Waals surface area contributed by atoms with Gasteiger partial charge >= 0.3 is 0 Å². The summed E-state index contributed by atoms with van der Waals surface area (Å²) in [7, 11) is 1.70. The van der Waals surface area contributed by atoms with Crippen molar-refractivity contribution in [3.63, 3.8) is 0 Å². The van der Waals surface area contributed by atoms with E-state index in [9.17, 15) is 9.59 Å². The van der Waals surface area contributed by atoms with E-state index in [2.05, 4.69) is 10.3 Å². The summed E-state index contributed by atoms with van der Waals surface area (Å²) in [5.41, 5.74) is 0.556. The van der Waals surface area contributed by atoms with E-state index < -0.39 is 0 Å². The van der Waals surface area contributed by atoms with Gasteiger partial charge in [0.1, 0.15) is 0 Å². The van der Waals surface area contributed by atoms with Crippen LogP contribution in [0.25, 0.3) is 10.9 Å². The number of nitrogens with zero attached hydrogens (tertiary/aromatic N) is 2. The van der Waals surface area contributed by atoms with E-state index in [1.54, 1.807) is 13.1 Å². The molecule has 26 heavy (non-hydrogen) atoms. The first-order chi connectivity index (χ1) is 12.5. The fraction of sp³-hybridized carbons (Fsp3) is 0.526. The van der Waals surface area contributed by atoms with Gasteiger partial charge in [-0.25, -0.2) is 4.98 Å². The van der Waals surface area contributed by atoms with Crippen LogP contribution >= 0.6 is 11.8 Å². The van der Waals surface area contributed by atoms with Gasteiger partial charge in [0, 0.05) is 20.2 Å². The van der Waals surface area contributed by atoms with E-state index in [0.29, 0.717) is 22.6 Å². The molecule has 0 saturated carbocycles. The molecule has 1 N–H and O–H groups in total. The molecule has 1 aromatic heterocycles. The first-order valence-corrected chi connectivity index (χ1v) is 9.87. The predicted octanol–water partition coefficient (Wildman–Crippen LogP) is 2.35. The van der Waals surface area contributed by atoms with Gasteiger partial charge in [-0.15, -0.1) is 0 Å². The lowest BCUT2D eigenvalue weighted by molar-refractivity contribution is -0.121. The fourth-order valence-corrected chi connectivity index (χ4v) is 4.11. The van der Waals surface area contributed by atoms with Crippen molar-refractivity contribution in [3.05, 3.63) is 34.6 Å². The van der Waals surface area contributed by atoms with E-state index in [0.717, 1.165) is 19.4 Å². The monoisotopic (exact) mass is 375 g/mol. The smallest absolute Gasteiger partial charge is 0.261 e. The molecule has 2 atom stereocenters. The number of ether oxygens (including phenoxy) is 1. The molecular formula is C19H25N3O3S. The van der Waals surface area contributed by atoms with E-state index in [-0.39, 0.29) is 28.7 Å². The minimum Gasteiger partial charge on any atom is -0.376 e. The van der Waals surface area contributed by atoms with Crippen molar-refractivity contribution in [2.24, 2.45) is 13.0 Å². The molecule has 140 valence electrons. The van der Waals surface area contributed by atoms with Crippen LogP contribution in [0.5, 0.6) is 0 Å². The maximum atomic E-state index is 12.7. The lowest BCUT2D eigenvalue weighted by Crippen LogP contribution is -2.40. The number of carbonyl (C=O) groups excluding carboxylic acids is 1. The van der Waals surface area contributed by atoms with Crippen LogP contribution in [-0.4, -0.2) is 40.0 Å². The number of aromatic nitrogens is 2. The molecule has 1 aromatic carbocycles. The number of hydrogen-bond acceptors (Lipinski definition) is 5. The lowest BCUT2D eigenvalue weighted by atomic mass is 10.1. The number of amides is 1. The molecule has 0 aliphatic carbocycles. The Bertz CT molecular complexity index is 844. The van der Waals surface area contributed by atoms with Gasteiger partial charge in [0.05, 0.1) is 22.3 Å². The number of benzene rings is 1. The van der Waals surface area contributed by atoms with Crippen LogP contribution < -0.4 is 10.9 Å². The molecule has 1 saturated heterocycles. The first-order valence-electron chi connectivity index (χ1n) is 8.99. The van der Waals surface area contributed by atoms with Crippen molar-refractivity contribution in [2.45, 2.75) is 43.2 Å². The molecule has 6 nitrogen and oxygen atoms in total. The van der Waals surface area contributed by atoms with Crippen LogP contribution in [0.2, 0.25) is 0 Å². The molecule has 2 aromatic rings. The summed E-state index contributed by atoms with van der Waals surface area (Å²) in [6.45, 7) is 5.31. The Labute approximate surface area is 157 Å². The summed E-state index contributed by atoms with van der Waals surface area (Å²) < 4.78 is 7.09. The Morgan fingerprint density at radius 3 is 2.88 bits per heavy atom. The van der Waals surface area contributed by atoms with Crippen molar-refractivity contribution in [2.75, 3.05) is 13.2 Å². The normalized spacial score (nSPS) is 18.4. The van der Waals surface area contributed by atoms with Crippen LogP contribution in [0, 0.1) is 5.92 Å². The number of nitrogens with one attached hydrogen (secondary N) is 1. The zero-order chi connectivity index (χ0) is 18.7. The lowest BCUT2D eigenvalue weighted by Gasteiger charge is -2.21. The van der Waals surface area contributed by atoms with E-state index in [1.165, 1.54) is 16.3 Å². The Hall–Kier alpha value is -1.86. The standard InChI is InChI=1S/C19H25N3O3S/c1-12(2)16(17(23)20-11-13-7-6-10-25-13)26-19-21-15-9-5-4-8-14(15)18(24)22(19)3/h4-5,8-9,12-13,16H,6-7,10-11H2,1-3H3,(H,20,23). The highest BCUT2D eigenvalue weighted by Crippen LogP contribution is 2.27. The SMILES string of the molecule is CC(C)C(Sc1nc2ccccc2c(=O)n1C)C(=O)NCC1CCCO1. The topological polar surface area (TPSA) is 73.2 Å². The van der Waals surface area contributed by atoms with Crippen LogP contribution in [0.3, 0.4) is 0 Å². The van der Waals surface area contributed by atoms with E-state index >= 15 is 0 Å². The summed E-state index contributed by atoms with van der Waals surface area (Å²) in [6.07, 6.45) is 2.15. The van der Waals surface area contributed by atoms with Gasteiger partial charge in [-0.2, -0.15) is 0 Å². The summed E-state index contributed by atoms with van der Waals surface area (Å²) in [5, 5.41) is 3.82. The van der Waals surface area contributed by atoms with Crippen molar-refractivity contribution in [1.82, 2.24) is 14.9 Å². The Morgan fingerprint density at radius 1 is 1.42 bits per heavy atom. The zero-order valence-corrected chi connectivity index (χ0v) is 16.2. The predicted molar refractivity (Wildman–Crippen MR) is 103 cm³/mol. The summed E-state index contributed by atoms with van der Waals surface area (Å²) >= 11 is 1.34. The van der Waals surface area contributed by atoms with Crippen molar-refractivity contribution < 1.29 is 9.53 Å². The molecular weight excluding hydrogens is 350 g/mol.